The monoisotopic (exact) mass is 222 g/mol. The second kappa shape index (κ2) is 3.99. The van der Waals surface area contributed by atoms with Crippen molar-refractivity contribution in [2.75, 3.05) is 13.1 Å². The van der Waals surface area contributed by atoms with Crippen LogP contribution in [0.25, 0.3) is 0 Å². The molecule has 0 unspecified atom stereocenters. The van der Waals surface area contributed by atoms with E-state index in [1.165, 1.54) is 64.3 Å². The SMILES string of the molecule is NC1(CNCC2(C3CC3)CC2)CCCCC1. The highest BCUT2D eigenvalue weighted by Crippen LogP contribution is 2.60. The summed E-state index contributed by atoms with van der Waals surface area (Å²) in [7, 11) is 0. The third-order valence-electron chi connectivity index (χ3n) is 5.14. The van der Waals surface area contributed by atoms with Gasteiger partial charge in [0.1, 0.15) is 0 Å². The summed E-state index contributed by atoms with van der Waals surface area (Å²) in [6.07, 6.45) is 12.5. The van der Waals surface area contributed by atoms with E-state index in [9.17, 15) is 0 Å². The summed E-state index contributed by atoms with van der Waals surface area (Å²) in [5, 5.41) is 3.69. The summed E-state index contributed by atoms with van der Waals surface area (Å²) in [6, 6.07) is 0. The van der Waals surface area contributed by atoms with E-state index in [1.54, 1.807) is 0 Å². The Morgan fingerprint density at radius 1 is 0.938 bits per heavy atom. The van der Waals surface area contributed by atoms with Crippen LogP contribution in [0, 0.1) is 11.3 Å². The Hall–Kier alpha value is -0.0800. The molecule has 0 aromatic heterocycles. The zero-order chi connectivity index (χ0) is 11.1. The minimum atomic E-state index is 0.123. The largest absolute Gasteiger partial charge is 0.324 e. The Morgan fingerprint density at radius 3 is 2.19 bits per heavy atom. The van der Waals surface area contributed by atoms with Crippen molar-refractivity contribution in [3.8, 4) is 0 Å². The standard InChI is InChI=1S/C14H26N2/c15-14(6-2-1-3-7-14)11-16-10-13(8-9-13)12-4-5-12/h12,16H,1-11,15H2. The van der Waals surface area contributed by atoms with E-state index in [1.807, 2.05) is 0 Å². The lowest BCUT2D eigenvalue weighted by molar-refractivity contribution is 0.271. The zero-order valence-electron chi connectivity index (χ0n) is 10.4. The molecule has 0 radical (unpaired) electrons. The van der Waals surface area contributed by atoms with Crippen LogP contribution < -0.4 is 11.1 Å². The van der Waals surface area contributed by atoms with Crippen LogP contribution >= 0.6 is 0 Å². The summed E-state index contributed by atoms with van der Waals surface area (Å²) < 4.78 is 0. The molecule has 3 fully saturated rings. The highest BCUT2D eigenvalue weighted by Gasteiger charge is 2.53. The number of nitrogens with one attached hydrogen (secondary N) is 1. The van der Waals surface area contributed by atoms with E-state index in [2.05, 4.69) is 5.32 Å². The Morgan fingerprint density at radius 2 is 1.62 bits per heavy atom. The van der Waals surface area contributed by atoms with Crippen LogP contribution in [0.1, 0.15) is 57.8 Å². The molecule has 0 amide bonds. The minimum Gasteiger partial charge on any atom is -0.324 e. The third-order valence-corrected chi connectivity index (χ3v) is 5.14. The molecule has 92 valence electrons. The number of hydrogen-bond acceptors (Lipinski definition) is 2. The molecule has 0 heterocycles. The molecule has 0 aliphatic heterocycles. The lowest BCUT2D eigenvalue weighted by Gasteiger charge is -2.34. The first-order chi connectivity index (χ1) is 7.73. The van der Waals surface area contributed by atoms with Crippen molar-refractivity contribution in [3.05, 3.63) is 0 Å². The average molecular weight is 222 g/mol. The summed E-state index contributed by atoms with van der Waals surface area (Å²) in [5.74, 6) is 1.07. The molecule has 3 N–H and O–H groups in total. The van der Waals surface area contributed by atoms with Gasteiger partial charge in [-0.3, -0.25) is 0 Å². The topological polar surface area (TPSA) is 38.0 Å². The van der Waals surface area contributed by atoms with Crippen LogP contribution in [0.4, 0.5) is 0 Å². The van der Waals surface area contributed by atoms with Gasteiger partial charge in [-0.05, 0) is 49.9 Å². The van der Waals surface area contributed by atoms with Crippen LogP contribution in [-0.4, -0.2) is 18.6 Å². The molecular formula is C14H26N2. The second-order valence-electron chi connectivity index (χ2n) is 6.66. The van der Waals surface area contributed by atoms with Crippen LogP contribution in [0.15, 0.2) is 0 Å². The first-order valence-electron chi connectivity index (χ1n) is 7.22. The first-order valence-corrected chi connectivity index (χ1v) is 7.22. The molecule has 0 spiro atoms. The van der Waals surface area contributed by atoms with Gasteiger partial charge < -0.3 is 11.1 Å². The second-order valence-corrected chi connectivity index (χ2v) is 6.66. The summed E-state index contributed by atoms with van der Waals surface area (Å²) in [4.78, 5) is 0. The third kappa shape index (κ3) is 2.28. The Balaban J connectivity index is 1.42. The van der Waals surface area contributed by atoms with Crippen molar-refractivity contribution >= 4 is 0 Å². The van der Waals surface area contributed by atoms with Gasteiger partial charge >= 0.3 is 0 Å². The van der Waals surface area contributed by atoms with Gasteiger partial charge in [0, 0.05) is 18.6 Å². The minimum absolute atomic E-state index is 0.123. The molecule has 3 aliphatic rings. The summed E-state index contributed by atoms with van der Waals surface area (Å²) in [6.45, 7) is 2.30. The molecule has 16 heavy (non-hydrogen) atoms. The number of nitrogens with two attached hydrogens (primary N) is 1. The molecule has 0 atom stereocenters. The van der Waals surface area contributed by atoms with Crippen molar-refractivity contribution in [1.82, 2.24) is 5.32 Å². The van der Waals surface area contributed by atoms with Gasteiger partial charge in [0.05, 0.1) is 0 Å². The summed E-state index contributed by atoms with van der Waals surface area (Å²) >= 11 is 0. The van der Waals surface area contributed by atoms with Crippen LogP contribution in [0.2, 0.25) is 0 Å². The molecular weight excluding hydrogens is 196 g/mol. The number of rotatable bonds is 5. The van der Waals surface area contributed by atoms with Crippen molar-refractivity contribution in [2.45, 2.75) is 63.3 Å². The maximum atomic E-state index is 6.44. The molecule has 0 saturated heterocycles. The number of hydrogen-bond donors (Lipinski definition) is 2. The van der Waals surface area contributed by atoms with E-state index >= 15 is 0 Å². The van der Waals surface area contributed by atoms with Crippen LogP contribution in [0.3, 0.4) is 0 Å². The van der Waals surface area contributed by atoms with Crippen molar-refractivity contribution in [1.29, 1.82) is 0 Å². The van der Waals surface area contributed by atoms with Gasteiger partial charge in [-0.1, -0.05) is 19.3 Å². The fraction of sp³-hybridized carbons (Fsp3) is 1.00. The molecule has 0 aromatic carbocycles. The smallest absolute Gasteiger partial charge is 0.0280 e. The molecule has 3 aliphatic carbocycles. The van der Waals surface area contributed by atoms with E-state index in [4.69, 9.17) is 5.73 Å². The van der Waals surface area contributed by atoms with E-state index in [-0.39, 0.29) is 5.54 Å². The normalized spacial score (nSPS) is 31.3. The van der Waals surface area contributed by atoms with Gasteiger partial charge in [0.15, 0.2) is 0 Å². The highest BCUT2D eigenvalue weighted by atomic mass is 15.0. The van der Waals surface area contributed by atoms with Crippen molar-refractivity contribution in [2.24, 2.45) is 17.1 Å². The Labute approximate surface area is 99.4 Å². The molecule has 3 saturated carbocycles. The molecule has 2 heteroatoms. The lowest BCUT2D eigenvalue weighted by atomic mass is 9.82. The van der Waals surface area contributed by atoms with Gasteiger partial charge in [0.2, 0.25) is 0 Å². The average Bonchev–Trinajstić information content (AvgIpc) is 3.13. The Bertz CT molecular complexity index is 247. The van der Waals surface area contributed by atoms with Gasteiger partial charge in [-0.2, -0.15) is 0 Å². The van der Waals surface area contributed by atoms with Crippen LogP contribution in [0.5, 0.6) is 0 Å². The van der Waals surface area contributed by atoms with Crippen molar-refractivity contribution in [3.63, 3.8) is 0 Å². The van der Waals surface area contributed by atoms with Gasteiger partial charge in [-0.25, -0.2) is 0 Å². The van der Waals surface area contributed by atoms with Crippen molar-refractivity contribution < 1.29 is 0 Å². The maximum Gasteiger partial charge on any atom is 0.0280 e. The van der Waals surface area contributed by atoms with E-state index < -0.39 is 0 Å². The summed E-state index contributed by atoms with van der Waals surface area (Å²) in [5.41, 5.74) is 7.29. The zero-order valence-corrected chi connectivity index (χ0v) is 10.4. The fourth-order valence-electron chi connectivity index (χ4n) is 3.58. The van der Waals surface area contributed by atoms with E-state index in [0.29, 0.717) is 0 Å². The molecule has 0 bridgehead atoms. The van der Waals surface area contributed by atoms with Crippen LogP contribution in [-0.2, 0) is 0 Å². The quantitative estimate of drug-likeness (QED) is 0.750. The fourth-order valence-corrected chi connectivity index (χ4v) is 3.58. The molecule has 3 rings (SSSR count). The van der Waals surface area contributed by atoms with Gasteiger partial charge in [0.25, 0.3) is 0 Å². The maximum absolute atomic E-state index is 6.44. The predicted molar refractivity (Wildman–Crippen MR) is 67.3 cm³/mol. The van der Waals surface area contributed by atoms with Gasteiger partial charge in [-0.15, -0.1) is 0 Å². The lowest BCUT2D eigenvalue weighted by Crippen LogP contribution is -2.51. The van der Waals surface area contributed by atoms with E-state index in [0.717, 1.165) is 17.9 Å². The first kappa shape index (κ1) is 11.0. The highest BCUT2D eigenvalue weighted by molar-refractivity contribution is 5.05. The molecule has 2 nitrogen and oxygen atoms in total. The molecule has 0 aromatic rings. The Kier molecular flexibility index (Phi) is 2.75. The predicted octanol–water partition coefficient (Wildman–Crippen LogP) is 2.43.